The summed E-state index contributed by atoms with van der Waals surface area (Å²) in [6.07, 6.45) is 2.25. The number of carbonyl (C=O) groups is 1. The van der Waals surface area contributed by atoms with Crippen LogP contribution < -0.4 is 14.8 Å². The van der Waals surface area contributed by atoms with Crippen LogP contribution in [0.5, 0.6) is 11.5 Å². The lowest BCUT2D eigenvalue weighted by molar-refractivity contribution is -0.187. The molecule has 2 fully saturated rings. The molecule has 5 heterocycles. The van der Waals surface area contributed by atoms with Gasteiger partial charge in [-0.2, -0.15) is 4.52 Å². The van der Waals surface area contributed by atoms with Gasteiger partial charge >= 0.3 is 0 Å². The monoisotopic (exact) mass is 466 g/mol. The Hall–Kier alpha value is -3.44. The molecule has 0 bridgehead atoms. The highest BCUT2D eigenvalue weighted by molar-refractivity contribution is 5.76. The number of aryl methyl sites for hydroxylation is 1. The predicted octanol–water partition coefficient (Wildman–Crippen LogP) is 1.76. The summed E-state index contributed by atoms with van der Waals surface area (Å²) in [6, 6.07) is 9.57. The van der Waals surface area contributed by atoms with Crippen molar-refractivity contribution in [1.82, 2.24) is 24.7 Å². The molecule has 1 N–H and O–H groups in total. The molecule has 11 heteroatoms. The molecule has 0 atom stereocenters. The average molecular weight is 466 g/mol. The predicted molar refractivity (Wildman–Crippen MR) is 119 cm³/mol. The minimum atomic E-state index is -0.478. The Labute approximate surface area is 195 Å². The number of amides is 1. The third kappa shape index (κ3) is 4.12. The van der Waals surface area contributed by atoms with E-state index in [-0.39, 0.29) is 12.7 Å². The van der Waals surface area contributed by atoms with Gasteiger partial charge in [-0.05, 0) is 29.8 Å². The summed E-state index contributed by atoms with van der Waals surface area (Å²) in [4.78, 5) is 14.7. The number of ether oxygens (including phenoxy) is 4. The molecule has 1 amide bonds. The summed E-state index contributed by atoms with van der Waals surface area (Å²) in [5.74, 6) is 2.48. The molecule has 3 aliphatic rings. The first kappa shape index (κ1) is 21.1. The Bertz CT molecular complexity index is 1200. The van der Waals surface area contributed by atoms with Gasteiger partial charge in [0.2, 0.25) is 12.7 Å². The molecule has 0 saturated carbocycles. The van der Waals surface area contributed by atoms with E-state index in [1.54, 1.807) is 4.52 Å². The molecule has 1 spiro atoms. The highest BCUT2D eigenvalue weighted by atomic mass is 16.7. The minimum absolute atomic E-state index is 0.0988. The first-order chi connectivity index (χ1) is 16.7. The molecule has 1 aromatic carbocycles. The number of benzene rings is 1. The summed E-state index contributed by atoms with van der Waals surface area (Å²) < 4.78 is 24.0. The largest absolute Gasteiger partial charge is 0.454 e. The zero-order valence-corrected chi connectivity index (χ0v) is 18.7. The summed E-state index contributed by atoms with van der Waals surface area (Å²) in [5, 5.41) is 16.4. The fourth-order valence-electron chi connectivity index (χ4n) is 4.59. The van der Waals surface area contributed by atoms with E-state index in [2.05, 4.69) is 20.6 Å². The number of nitrogens with one attached hydrogen (secondary N) is 1. The highest BCUT2D eigenvalue weighted by Gasteiger charge is 2.40. The number of aromatic nitrogens is 4. The number of fused-ring (bicyclic) bond motifs is 2. The molecule has 178 valence electrons. The standard InChI is InChI=1S/C23H26N6O5/c30-22(28-9-7-23(8-10-28)33-11-12-34-23)6-5-21-26-25-20-4-3-19(27-29(20)21)24-14-16-1-2-17-18(13-16)32-15-31-17/h1-4,13H,5-12,14-15H2,(H,24,27). The van der Waals surface area contributed by atoms with E-state index in [0.29, 0.717) is 75.8 Å². The van der Waals surface area contributed by atoms with Crippen molar-refractivity contribution in [2.24, 2.45) is 0 Å². The molecular formula is C23H26N6O5. The maximum absolute atomic E-state index is 12.8. The molecule has 11 nitrogen and oxygen atoms in total. The number of anilines is 1. The Kier molecular flexibility index (Phi) is 5.42. The highest BCUT2D eigenvalue weighted by Crippen LogP contribution is 2.33. The molecule has 2 aromatic heterocycles. The number of nitrogens with zero attached hydrogens (tertiary/aromatic N) is 5. The van der Waals surface area contributed by atoms with Crippen molar-refractivity contribution in [2.75, 3.05) is 38.4 Å². The SMILES string of the molecule is O=C(CCc1nnc2ccc(NCc3ccc4c(c3)OCO4)nn12)N1CCC2(CC1)OCCO2. The Morgan fingerprint density at radius 2 is 1.85 bits per heavy atom. The zero-order chi connectivity index (χ0) is 23.0. The van der Waals surface area contributed by atoms with Gasteiger partial charge in [-0.3, -0.25) is 4.79 Å². The van der Waals surface area contributed by atoms with Crippen molar-refractivity contribution in [2.45, 2.75) is 38.0 Å². The van der Waals surface area contributed by atoms with Crippen LogP contribution in [0.2, 0.25) is 0 Å². The topological polar surface area (TPSA) is 112 Å². The van der Waals surface area contributed by atoms with Crippen LogP contribution in [0, 0.1) is 0 Å². The Morgan fingerprint density at radius 3 is 2.71 bits per heavy atom. The first-order valence-electron chi connectivity index (χ1n) is 11.6. The van der Waals surface area contributed by atoms with Crippen LogP contribution in [-0.2, 0) is 27.2 Å². The van der Waals surface area contributed by atoms with Crippen LogP contribution >= 0.6 is 0 Å². The zero-order valence-electron chi connectivity index (χ0n) is 18.7. The van der Waals surface area contributed by atoms with Crippen molar-refractivity contribution >= 4 is 17.4 Å². The third-order valence-corrected chi connectivity index (χ3v) is 6.49. The third-order valence-electron chi connectivity index (χ3n) is 6.49. The molecule has 3 aromatic rings. The van der Waals surface area contributed by atoms with Crippen LogP contribution in [0.4, 0.5) is 5.82 Å². The fraction of sp³-hybridized carbons (Fsp3) is 0.478. The van der Waals surface area contributed by atoms with Gasteiger partial charge in [0.1, 0.15) is 5.82 Å². The lowest BCUT2D eigenvalue weighted by atomic mass is 10.0. The van der Waals surface area contributed by atoms with Crippen molar-refractivity contribution in [3.63, 3.8) is 0 Å². The lowest BCUT2D eigenvalue weighted by Crippen LogP contribution is -2.47. The number of likely N-dealkylation sites (tertiary alicyclic amines) is 1. The van der Waals surface area contributed by atoms with Gasteiger partial charge in [-0.1, -0.05) is 6.07 Å². The van der Waals surface area contributed by atoms with Gasteiger partial charge in [0.05, 0.1) is 13.2 Å². The van der Waals surface area contributed by atoms with E-state index in [9.17, 15) is 4.79 Å². The summed E-state index contributed by atoms with van der Waals surface area (Å²) in [7, 11) is 0. The molecule has 34 heavy (non-hydrogen) atoms. The van der Waals surface area contributed by atoms with Crippen molar-refractivity contribution in [1.29, 1.82) is 0 Å². The smallest absolute Gasteiger partial charge is 0.231 e. The number of piperidine rings is 1. The molecule has 0 unspecified atom stereocenters. The maximum atomic E-state index is 12.8. The van der Waals surface area contributed by atoms with Crippen LogP contribution in [-0.4, -0.2) is 69.5 Å². The van der Waals surface area contributed by atoms with E-state index >= 15 is 0 Å². The molecule has 2 saturated heterocycles. The fourth-order valence-corrected chi connectivity index (χ4v) is 4.59. The first-order valence-corrected chi connectivity index (χ1v) is 11.6. The van der Waals surface area contributed by atoms with Crippen LogP contribution in [0.25, 0.3) is 5.65 Å². The number of rotatable bonds is 6. The van der Waals surface area contributed by atoms with E-state index < -0.39 is 5.79 Å². The second kappa shape index (κ2) is 8.73. The minimum Gasteiger partial charge on any atom is -0.454 e. The van der Waals surface area contributed by atoms with Crippen LogP contribution in [0.1, 0.15) is 30.7 Å². The normalized spacial score (nSPS) is 18.6. The quantitative estimate of drug-likeness (QED) is 0.581. The van der Waals surface area contributed by atoms with Gasteiger partial charge in [0.25, 0.3) is 0 Å². The van der Waals surface area contributed by atoms with Gasteiger partial charge in [0, 0.05) is 45.3 Å². The molecule has 3 aliphatic heterocycles. The van der Waals surface area contributed by atoms with Crippen LogP contribution in [0.3, 0.4) is 0 Å². The Morgan fingerprint density at radius 1 is 1.03 bits per heavy atom. The summed E-state index contributed by atoms with van der Waals surface area (Å²) in [6.45, 7) is 3.39. The van der Waals surface area contributed by atoms with E-state index in [0.717, 1.165) is 17.1 Å². The molecule has 0 radical (unpaired) electrons. The number of hydrogen-bond acceptors (Lipinski definition) is 9. The lowest BCUT2D eigenvalue weighted by Gasteiger charge is -2.37. The van der Waals surface area contributed by atoms with Crippen molar-refractivity contribution in [3.05, 3.63) is 41.7 Å². The second-order valence-corrected chi connectivity index (χ2v) is 8.63. The number of hydrogen-bond donors (Lipinski definition) is 1. The Balaban J connectivity index is 1.07. The molecular weight excluding hydrogens is 440 g/mol. The number of carbonyl (C=O) groups excluding carboxylic acids is 1. The van der Waals surface area contributed by atoms with E-state index in [1.807, 2.05) is 35.2 Å². The summed E-state index contributed by atoms with van der Waals surface area (Å²) >= 11 is 0. The van der Waals surface area contributed by atoms with Crippen LogP contribution in [0.15, 0.2) is 30.3 Å². The van der Waals surface area contributed by atoms with Crippen molar-refractivity contribution < 1.29 is 23.7 Å². The average Bonchev–Trinajstić information content (AvgIpc) is 3.61. The second-order valence-electron chi connectivity index (χ2n) is 8.63. The van der Waals surface area contributed by atoms with E-state index in [1.165, 1.54) is 0 Å². The van der Waals surface area contributed by atoms with Gasteiger partial charge < -0.3 is 29.2 Å². The van der Waals surface area contributed by atoms with Crippen molar-refractivity contribution in [3.8, 4) is 11.5 Å². The van der Waals surface area contributed by atoms with Gasteiger partial charge in [-0.15, -0.1) is 15.3 Å². The van der Waals surface area contributed by atoms with Gasteiger partial charge in [-0.25, -0.2) is 0 Å². The maximum Gasteiger partial charge on any atom is 0.231 e. The molecule has 6 rings (SSSR count). The summed E-state index contributed by atoms with van der Waals surface area (Å²) in [5.41, 5.74) is 1.70. The van der Waals surface area contributed by atoms with E-state index in [4.69, 9.17) is 18.9 Å². The molecule has 0 aliphatic carbocycles. The van der Waals surface area contributed by atoms with Gasteiger partial charge in [0.15, 0.2) is 28.8 Å².